The monoisotopic (exact) mass is 735 g/mol. The summed E-state index contributed by atoms with van der Waals surface area (Å²) < 4.78 is 8.74. The highest BCUT2D eigenvalue weighted by Crippen LogP contribution is 2.41. The molecule has 4 heterocycles. The molecule has 7 heteroatoms. The van der Waals surface area contributed by atoms with Crippen LogP contribution in [0.4, 0.5) is 0 Å². The molecule has 0 unspecified atom stereocenters. The third kappa shape index (κ3) is 5.52. The minimum atomic E-state index is 0.589. The Morgan fingerprint density at radius 3 is 1.66 bits per heavy atom. The molecule has 56 heavy (non-hydrogen) atoms. The fourth-order valence-corrected chi connectivity index (χ4v) is 8.60. The normalized spacial score (nSPS) is 11.6. The molecule has 0 saturated carbocycles. The molecule has 11 rings (SSSR count). The Kier molecular flexibility index (Phi) is 7.57. The van der Waals surface area contributed by atoms with Crippen LogP contribution < -0.4 is 0 Å². The standard InChI is InChI=1S/C49H29N5OS/c1-4-13-31(14-5-1)43-45-44(36-19-10-11-22-41(36)56-45)51-46(50-43)34-25-23-30(24-26-34)35-27-28-39-38(29-35)42-37(20-12-21-40(42)55-39)49-53-47(32-15-6-2-7-16-32)52-48(54-49)33-17-8-3-9-18-33/h1-29H. The maximum atomic E-state index is 6.43. The van der Waals surface area contributed by atoms with Crippen LogP contribution in [0.25, 0.3) is 110 Å². The van der Waals surface area contributed by atoms with Gasteiger partial charge in [0.25, 0.3) is 0 Å². The lowest BCUT2D eigenvalue weighted by atomic mass is 9.99. The van der Waals surface area contributed by atoms with E-state index in [0.717, 1.165) is 82.2 Å². The fourth-order valence-electron chi connectivity index (χ4n) is 7.45. The van der Waals surface area contributed by atoms with E-state index in [1.807, 2.05) is 84.9 Å². The first-order chi connectivity index (χ1) is 27.7. The molecule has 0 fully saturated rings. The van der Waals surface area contributed by atoms with Gasteiger partial charge in [-0.25, -0.2) is 24.9 Å². The minimum Gasteiger partial charge on any atom is -0.456 e. The minimum absolute atomic E-state index is 0.589. The molecule has 0 saturated heterocycles. The lowest BCUT2D eigenvalue weighted by Crippen LogP contribution is -2.00. The van der Waals surface area contributed by atoms with Gasteiger partial charge in [0.1, 0.15) is 11.2 Å². The van der Waals surface area contributed by atoms with Gasteiger partial charge >= 0.3 is 0 Å². The van der Waals surface area contributed by atoms with Crippen molar-refractivity contribution in [1.82, 2.24) is 24.9 Å². The van der Waals surface area contributed by atoms with Gasteiger partial charge < -0.3 is 4.42 Å². The van der Waals surface area contributed by atoms with Crippen molar-refractivity contribution in [2.45, 2.75) is 0 Å². The summed E-state index contributed by atoms with van der Waals surface area (Å²) in [6.07, 6.45) is 0. The van der Waals surface area contributed by atoms with Gasteiger partial charge in [-0.05, 0) is 35.4 Å². The van der Waals surface area contributed by atoms with E-state index in [0.29, 0.717) is 23.3 Å². The zero-order chi connectivity index (χ0) is 37.0. The molecule has 0 amide bonds. The van der Waals surface area contributed by atoms with Crippen molar-refractivity contribution in [3.8, 4) is 67.9 Å². The molecule has 0 radical (unpaired) electrons. The third-order valence-electron chi connectivity index (χ3n) is 10.2. The largest absolute Gasteiger partial charge is 0.456 e. The van der Waals surface area contributed by atoms with Crippen LogP contribution in [-0.2, 0) is 0 Å². The number of benzene rings is 7. The van der Waals surface area contributed by atoms with Crippen LogP contribution >= 0.6 is 11.3 Å². The summed E-state index contributed by atoms with van der Waals surface area (Å²) in [5.74, 6) is 2.53. The second kappa shape index (κ2) is 13.2. The summed E-state index contributed by atoms with van der Waals surface area (Å²) in [4.78, 5) is 25.3. The van der Waals surface area contributed by atoms with E-state index in [-0.39, 0.29) is 0 Å². The van der Waals surface area contributed by atoms with Crippen molar-refractivity contribution < 1.29 is 4.42 Å². The SMILES string of the molecule is c1ccc(-c2nc(-c3ccccc3)nc(-c3cccc4oc5ccc(-c6ccc(-c7nc(-c8ccccc8)c8sc9ccccc9c8n7)cc6)cc5c34)n2)cc1. The maximum Gasteiger partial charge on any atom is 0.164 e. The number of nitrogens with zero attached hydrogens (tertiary/aromatic N) is 5. The number of hydrogen-bond donors (Lipinski definition) is 0. The van der Waals surface area contributed by atoms with Gasteiger partial charge in [-0.1, -0.05) is 152 Å². The summed E-state index contributed by atoms with van der Waals surface area (Å²) in [6.45, 7) is 0. The molecule has 0 aliphatic rings. The van der Waals surface area contributed by atoms with E-state index in [2.05, 4.69) is 91.0 Å². The predicted molar refractivity (Wildman–Crippen MR) is 228 cm³/mol. The van der Waals surface area contributed by atoms with Crippen LogP contribution in [-0.4, -0.2) is 24.9 Å². The summed E-state index contributed by atoms with van der Waals surface area (Å²) >= 11 is 1.74. The van der Waals surface area contributed by atoms with E-state index in [4.69, 9.17) is 29.3 Å². The lowest BCUT2D eigenvalue weighted by molar-refractivity contribution is 0.669. The molecule has 0 N–H and O–H groups in total. The van der Waals surface area contributed by atoms with E-state index >= 15 is 0 Å². The average molecular weight is 736 g/mol. The summed E-state index contributed by atoms with van der Waals surface area (Å²) in [7, 11) is 0. The molecule has 0 aliphatic heterocycles. The van der Waals surface area contributed by atoms with E-state index in [1.165, 1.54) is 4.70 Å². The molecular weight excluding hydrogens is 707 g/mol. The second-order valence-electron chi connectivity index (χ2n) is 13.6. The molecule has 4 aromatic heterocycles. The Balaban J connectivity index is 1.02. The van der Waals surface area contributed by atoms with Crippen molar-refractivity contribution >= 4 is 53.6 Å². The number of rotatable bonds is 6. The van der Waals surface area contributed by atoms with Crippen molar-refractivity contribution in [2.24, 2.45) is 0 Å². The third-order valence-corrected chi connectivity index (χ3v) is 11.3. The summed E-state index contributed by atoms with van der Waals surface area (Å²) in [5, 5.41) is 3.10. The van der Waals surface area contributed by atoms with Crippen LogP contribution in [0.3, 0.4) is 0 Å². The molecular formula is C49H29N5OS. The lowest BCUT2D eigenvalue weighted by Gasteiger charge is -2.09. The van der Waals surface area contributed by atoms with Crippen molar-refractivity contribution in [2.75, 3.05) is 0 Å². The van der Waals surface area contributed by atoms with Gasteiger partial charge in [0.2, 0.25) is 0 Å². The first-order valence-electron chi connectivity index (χ1n) is 18.4. The van der Waals surface area contributed by atoms with Crippen LogP contribution in [0.1, 0.15) is 0 Å². The Morgan fingerprint density at radius 1 is 0.375 bits per heavy atom. The number of fused-ring (bicyclic) bond motifs is 6. The van der Waals surface area contributed by atoms with Gasteiger partial charge in [0.15, 0.2) is 23.3 Å². The molecule has 7 aromatic carbocycles. The quantitative estimate of drug-likeness (QED) is 0.169. The average Bonchev–Trinajstić information content (AvgIpc) is 3.85. The first-order valence-corrected chi connectivity index (χ1v) is 19.2. The molecule has 0 spiro atoms. The van der Waals surface area contributed by atoms with Gasteiger partial charge in [0, 0.05) is 48.7 Å². The van der Waals surface area contributed by atoms with Crippen molar-refractivity contribution in [1.29, 1.82) is 0 Å². The fraction of sp³-hybridized carbons (Fsp3) is 0. The highest BCUT2D eigenvalue weighted by molar-refractivity contribution is 7.26. The van der Waals surface area contributed by atoms with Crippen molar-refractivity contribution in [3.05, 3.63) is 176 Å². The van der Waals surface area contributed by atoms with Crippen LogP contribution in [0.2, 0.25) is 0 Å². The number of furan rings is 1. The highest BCUT2D eigenvalue weighted by atomic mass is 32.1. The van der Waals surface area contributed by atoms with Gasteiger partial charge in [0.05, 0.1) is 15.9 Å². The molecule has 0 aliphatic carbocycles. The summed E-state index contributed by atoms with van der Waals surface area (Å²) in [6, 6.07) is 59.8. The number of thiophene rings is 1. The highest BCUT2D eigenvalue weighted by Gasteiger charge is 2.19. The molecule has 0 bridgehead atoms. The molecule has 262 valence electrons. The van der Waals surface area contributed by atoms with E-state index < -0.39 is 0 Å². The van der Waals surface area contributed by atoms with Gasteiger partial charge in [-0.15, -0.1) is 11.3 Å². The molecule has 6 nitrogen and oxygen atoms in total. The molecule has 11 aromatic rings. The van der Waals surface area contributed by atoms with Crippen molar-refractivity contribution in [3.63, 3.8) is 0 Å². The zero-order valence-corrected chi connectivity index (χ0v) is 30.6. The Morgan fingerprint density at radius 2 is 0.946 bits per heavy atom. The molecule has 0 atom stereocenters. The second-order valence-corrected chi connectivity index (χ2v) is 14.7. The Bertz CT molecular complexity index is 3180. The van der Waals surface area contributed by atoms with E-state index in [9.17, 15) is 0 Å². The van der Waals surface area contributed by atoms with Crippen LogP contribution in [0.15, 0.2) is 180 Å². The number of aromatic nitrogens is 5. The first kappa shape index (κ1) is 32.1. The number of hydrogen-bond acceptors (Lipinski definition) is 7. The van der Waals surface area contributed by atoms with Crippen LogP contribution in [0, 0.1) is 0 Å². The Hall–Kier alpha value is -7.35. The smallest absolute Gasteiger partial charge is 0.164 e. The van der Waals surface area contributed by atoms with Crippen LogP contribution in [0.5, 0.6) is 0 Å². The topological polar surface area (TPSA) is 77.6 Å². The van der Waals surface area contributed by atoms with Gasteiger partial charge in [-0.2, -0.15) is 0 Å². The maximum absolute atomic E-state index is 6.43. The van der Waals surface area contributed by atoms with E-state index in [1.54, 1.807) is 11.3 Å². The Labute approximate surface area is 325 Å². The predicted octanol–water partition coefficient (Wildman–Crippen LogP) is 12.9. The van der Waals surface area contributed by atoms with Gasteiger partial charge in [-0.3, -0.25) is 0 Å². The zero-order valence-electron chi connectivity index (χ0n) is 29.8. The summed E-state index contributed by atoms with van der Waals surface area (Å²) in [5.41, 5.74) is 10.4.